The summed E-state index contributed by atoms with van der Waals surface area (Å²) < 4.78 is 26.1. The predicted octanol–water partition coefficient (Wildman–Crippen LogP) is 2.80. The molecule has 8 unspecified atom stereocenters. The quantitative estimate of drug-likeness (QED) is 0.290. The van der Waals surface area contributed by atoms with Gasteiger partial charge in [-0.25, -0.2) is 0 Å². The van der Waals surface area contributed by atoms with Crippen molar-refractivity contribution in [3.63, 3.8) is 0 Å². The summed E-state index contributed by atoms with van der Waals surface area (Å²) in [6, 6.07) is 0. The molecule has 2 saturated heterocycles. The summed E-state index contributed by atoms with van der Waals surface area (Å²) in [4.78, 5) is 15.0. The number of carbonyl (C=O) groups is 1. The molecule has 5 aliphatic rings. The van der Waals surface area contributed by atoms with Crippen molar-refractivity contribution in [3.05, 3.63) is 11.1 Å². The number of rotatable bonds is 2. The zero-order valence-electron chi connectivity index (χ0n) is 24.2. The Labute approximate surface area is 266 Å². The standard InChI is InChI=1S/C27H44O8Si2.Ac/c1-13(2)36-33-18-10-19-26(30,12-32-19)22-16(6)27(31)11-17(28)15(5)20(24(27,7)8)21(23(29)25(18,22)9)34-37(35-36)14(3)4;/h13-14,16-19,21-22,28,30-31H,10-12H2,1-9H3;/t16?,17?,18?,19?,21?,22?,25-,26?,27?;/m1./s1. The fourth-order valence-electron chi connectivity index (χ4n) is 8.14. The average molecular weight is 780 g/mol. The molecule has 3 N–H and O–H groups in total. The first-order chi connectivity index (χ1) is 17.0. The van der Waals surface area contributed by atoms with Crippen molar-refractivity contribution in [2.75, 3.05) is 6.61 Å². The minimum absolute atomic E-state index is 0. The molecule has 2 aliphatic heterocycles. The fourth-order valence-corrected chi connectivity index (χ4v) is 12.8. The molecule has 0 aromatic heterocycles. The Morgan fingerprint density at radius 2 is 1.58 bits per heavy atom. The van der Waals surface area contributed by atoms with E-state index in [1.807, 2.05) is 48.5 Å². The molecule has 2 heterocycles. The summed E-state index contributed by atoms with van der Waals surface area (Å²) in [5.41, 5.74) is -3.27. The van der Waals surface area contributed by atoms with Gasteiger partial charge in [0.15, 0.2) is 5.78 Å². The molecule has 2 saturated carbocycles. The molecule has 38 heavy (non-hydrogen) atoms. The van der Waals surface area contributed by atoms with Crippen LogP contribution in [0.5, 0.6) is 0 Å². The molecule has 0 aromatic carbocycles. The minimum atomic E-state index is -1.98. The minimum Gasteiger partial charge on any atom is -0.412 e. The summed E-state index contributed by atoms with van der Waals surface area (Å²) in [6.07, 6.45) is -2.47. The van der Waals surface area contributed by atoms with Crippen LogP contribution >= 0.6 is 0 Å². The number of carbonyl (C=O) groups excluding carboxylic acids is 1. The van der Waals surface area contributed by atoms with Gasteiger partial charge in [0.05, 0.1) is 35.9 Å². The number of Topliss-reactive ketones (excluding diaryl/α,β-unsaturated/α-hetero) is 1. The van der Waals surface area contributed by atoms with Crippen molar-refractivity contribution in [2.24, 2.45) is 22.7 Å². The van der Waals surface area contributed by atoms with E-state index in [1.165, 1.54) is 0 Å². The maximum Gasteiger partial charge on any atom is 0.378 e. The van der Waals surface area contributed by atoms with E-state index in [0.717, 1.165) is 0 Å². The molecule has 3 aliphatic carbocycles. The Morgan fingerprint density at radius 3 is 2.11 bits per heavy atom. The molecule has 3 radical (unpaired) electrons. The van der Waals surface area contributed by atoms with E-state index >= 15 is 4.79 Å². The van der Waals surface area contributed by atoms with Crippen LogP contribution in [-0.2, 0) is 22.5 Å². The van der Waals surface area contributed by atoms with Crippen LogP contribution in [0.2, 0.25) is 11.1 Å². The fraction of sp³-hybridized carbons (Fsp3) is 0.889. The number of ether oxygens (including phenoxy) is 1. The van der Waals surface area contributed by atoms with Gasteiger partial charge in [0.25, 0.3) is 0 Å². The zero-order chi connectivity index (χ0) is 27.5. The Bertz CT molecular complexity index is 1010. The molecule has 0 amide bonds. The van der Waals surface area contributed by atoms with Gasteiger partial charge in [-0.1, -0.05) is 48.5 Å². The Kier molecular flexibility index (Phi) is 8.67. The molecule has 4 fully saturated rings. The average Bonchev–Trinajstić information content (AvgIpc) is 2.83. The topological polar surface area (TPSA) is 115 Å². The van der Waals surface area contributed by atoms with Crippen molar-refractivity contribution in [3.8, 4) is 0 Å². The first kappa shape index (κ1) is 31.9. The summed E-state index contributed by atoms with van der Waals surface area (Å²) in [5.74, 6) is -1.34. The molecule has 5 rings (SSSR count). The largest absolute Gasteiger partial charge is 0.412 e. The van der Waals surface area contributed by atoms with Gasteiger partial charge in [-0.05, 0) is 42.0 Å². The molecule has 8 nitrogen and oxygen atoms in total. The van der Waals surface area contributed by atoms with Gasteiger partial charge in [-0.15, -0.1) is 0 Å². The summed E-state index contributed by atoms with van der Waals surface area (Å²) >= 11 is 0. The van der Waals surface area contributed by atoms with Crippen molar-refractivity contribution < 1.29 is 81.9 Å². The third kappa shape index (κ3) is 4.19. The van der Waals surface area contributed by atoms with Crippen LogP contribution in [-0.4, -0.2) is 81.9 Å². The van der Waals surface area contributed by atoms with Gasteiger partial charge in [0, 0.05) is 68.2 Å². The van der Waals surface area contributed by atoms with E-state index < -0.39 is 76.9 Å². The molecule has 4 bridgehead atoms. The van der Waals surface area contributed by atoms with Crippen LogP contribution in [0.25, 0.3) is 0 Å². The summed E-state index contributed by atoms with van der Waals surface area (Å²) in [5, 5.41) is 35.9. The third-order valence-corrected chi connectivity index (χ3v) is 14.9. The molecule has 9 atom stereocenters. The molecule has 11 heteroatoms. The zero-order valence-corrected chi connectivity index (χ0v) is 30.9. The van der Waals surface area contributed by atoms with Gasteiger partial charge in [-0.2, -0.15) is 0 Å². The van der Waals surface area contributed by atoms with Crippen LogP contribution in [0.3, 0.4) is 0 Å². The molecular weight excluding hydrogens is 735 g/mol. The van der Waals surface area contributed by atoms with E-state index in [2.05, 4.69) is 13.8 Å². The van der Waals surface area contributed by atoms with E-state index in [0.29, 0.717) is 17.6 Å². The van der Waals surface area contributed by atoms with Gasteiger partial charge in [0.2, 0.25) is 0 Å². The summed E-state index contributed by atoms with van der Waals surface area (Å²) in [7, 11) is -3.83. The molecule has 211 valence electrons. The second-order valence-corrected chi connectivity index (χ2v) is 18.3. The van der Waals surface area contributed by atoms with E-state index in [-0.39, 0.29) is 74.0 Å². The van der Waals surface area contributed by atoms with Crippen LogP contribution in [0.4, 0.5) is 0 Å². The van der Waals surface area contributed by atoms with Gasteiger partial charge in [0.1, 0.15) is 11.7 Å². The van der Waals surface area contributed by atoms with E-state index in [9.17, 15) is 15.3 Å². The van der Waals surface area contributed by atoms with Gasteiger partial charge < -0.3 is 33.0 Å². The normalized spacial score (nSPS) is 47.3. The number of hydrogen-bond acceptors (Lipinski definition) is 8. The second kappa shape index (κ2) is 10.3. The maximum absolute atomic E-state index is 15.0. The van der Waals surface area contributed by atoms with E-state index in [4.69, 9.17) is 17.7 Å². The van der Waals surface area contributed by atoms with E-state index in [1.54, 1.807) is 0 Å². The number of aliphatic hydroxyl groups excluding tert-OH is 1. The monoisotopic (exact) mass is 779 g/mol. The van der Waals surface area contributed by atoms with Crippen LogP contribution < -0.4 is 0 Å². The SMILES string of the molecule is CC1=C2C3O[Si](C(C)C)O[Si](C(C)C)OC4CC5OCC5(O)C(C(C)C(O)(CC1O)C2(C)C)[C@]4(C)C3=O.[Ac]. The molecular formula is C27H44AcO8Si2. The van der Waals surface area contributed by atoms with Crippen LogP contribution in [0.15, 0.2) is 11.1 Å². The van der Waals surface area contributed by atoms with Crippen LogP contribution in [0, 0.1) is 66.7 Å². The number of ketones is 1. The maximum atomic E-state index is 15.0. The smallest absolute Gasteiger partial charge is 0.378 e. The van der Waals surface area contributed by atoms with Crippen molar-refractivity contribution in [1.82, 2.24) is 0 Å². The van der Waals surface area contributed by atoms with Crippen LogP contribution in [0.1, 0.15) is 75.2 Å². The predicted molar refractivity (Wildman–Crippen MR) is 140 cm³/mol. The Hall–Kier alpha value is 1.01. The second-order valence-electron chi connectivity index (χ2n) is 13.5. The molecule has 0 aromatic rings. The van der Waals surface area contributed by atoms with Crippen molar-refractivity contribution in [1.29, 1.82) is 0 Å². The Morgan fingerprint density at radius 1 is 1.00 bits per heavy atom. The first-order valence-electron chi connectivity index (χ1n) is 13.8. The Balaban J connectivity index is 0.00000336. The third-order valence-electron chi connectivity index (χ3n) is 10.5. The van der Waals surface area contributed by atoms with Crippen molar-refractivity contribution in [2.45, 2.75) is 122 Å². The van der Waals surface area contributed by atoms with Crippen molar-refractivity contribution >= 4 is 24.4 Å². The van der Waals surface area contributed by atoms with Gasteiger partial charge >= 0.3 is 18.6 Å². The van der Waals surface area contributed by atoms with Gasteiger partial charge in [-0.3, -0.25) is 4.79 Å². The number of fused-ring (bicyclic) bond motifs is 6. The number of hydrogen-bond donors (Lipinski definition) is 3. The molecule has 0 spiro atoms. The number of aliphatic hydroxyl groups is 3. The first-order valence-corrected chi connectivity index (χ1v) is 16.5. The summed E-state index contributed by atoms with van der Waals surface area (Å²) in [6.45, 7) is 17.9.